The number of esters is 1. The molecule has 1 unspecified atom stereocenters. The first-order valence-electron chi connectivity index (χ1n) is 7.47. The number of allylic oxidation sites excluding steroid dienone is 2. The van der Waals surface area contributed by atoms with Gasteiger partial charge < -0.3 is 14.3 Å². The van der Waals surface area contributed by atoms with Crippen LogP contribution in [0.3, 0.4) is 0 Å². The molecule has 0 aliphatic heterocycles. The van der Waals surface area contributed by atoms with Crippen LogP contribution in [0.15, 0.2) is 24.3 Å². The molecule has 0 aliphatic carbocycles. The molecule has 0 aromatic heterocycles. The van der Waals surface area contributed by atoms with E-state index in [-0.39, 0.29) is 34.8 Å². The number of ether oxygens (including phenoxy) is 1. The topological polar surface area (TPSA) is 115 Å². The second kappa shape index (κ2) is 22.9. The van der Waals surface area contributed by atoms with Gasteiger partial charge in [-0.15, -0.1) is 0 Å². The van der Waals surface area contributed by atoms with Crippen molar-refractivity contribution in [1.29, 1.82) is 0 Å². The van der Waals surface area contributed by atoms with E-state index >= 15 is 0 Å². The molecule has 0 amide bonds. The molecule has 154 valence electrons. The third-order valence-electron chi connectivity index (χ3n) is 3.54. The zero-order chi connectivity index (χ0) is 21.8. The van der Waals surface area contributed by atoms with Crippen molar-refractivity contribution < 1.29 is 50.1 Å². The van der Waals surface area contributed by atoms with Crippen molar-refractivity contribution in [2.24, 2.45) is 0 Å². The summed E-state index contributed by atoms with van der Waals surface area (Å²) in [6, 6.07) is 0. The van der Waals surface area contributed by atoms with Crippen molar-refractivity contribution in [2.75, 3.05) is 13.7 Å². The quantitative estimate of drug-likeness (QED) is 0.164. The van der Waals surface area contributed by atoms with Gasteiger partial charge in [0.2, 0.25) is 0 Å². The summed E-state index contributed by atoms with van der Waals surface area (Å²) < 4.78 is 33.2. The van der Waals surface area contributed by atoms with Crippen molar-refractivity contribution >= 4 is 14.3 Å². The van der Waals surface area contributed by atoms with Gasteiger partial charge >= 0.3 is 39.9 Å². The fourth-order valence-electron chi connectivity index (χ4n) is 1.27. The second-order valence-corrected chi connectivity index (χ2v) is 11.0. The average Bonchev–Trinajstić information content (AvgIpc) is 2.62. The number of hydrogen-bond acceptors (Lipinski definition) is 4. The molecule has 0 rings (SSSR count). The summed E-state index contributed by atoms with van der Waals surface area (Å²) in [6.07, 6.45) is 7.00. The van der Waals surface area contributed by atoms with Gasteiger partial charge in [0.05, 0.1) is 13.2 Å². The molecule has 0 spiro atoms. The zero-order valence-corrected chi connectivity index (χ0v) is 18.7. The maximum Gasteiger partial charge on any atom is 0 e. The molecule has 7 nitrogen and oxygen atoms in total. The van der Waals surface area contributed by atoms with Crippen LogP contribution in [0.1, 0.15) is 27.2 Å². The molecular weight excluding hydrogens is 412 g/mol. The Bertz CT molecular complexity index is 460. The molecule has 1 N–H and O–H groups in total. The van der Waals surface area contributed by atoms with E-state index in [9.17, 15) is 4.79 Å². The summed E-state index contributed by atoms with van der Waals surface area (Å²) >= 11 is 0. The number of aliphatic hydroxyl groups is 1. The van der Waals surface area contributed by atoms with E-state index in [1.807, 2.05) is 6.08 Å². The predicted molar refractivity (Wildman–Crippen MR) is 95.9 cm³/mol. The van der Waals surface area contributed by atoms with Crippen LogP contribution in [0.4, 0.5) is 0 Å². The Kier molecular flexibility index (Phi) is 31.1. The molecule has 1 atom stereocenters. The fraction of sp³-hybridized carbons (Fsp3) is 0.556. The number of aliphatic hydroxyl groups excluding tert-OH is 1. The predicted octanol–water partition coefficient (Wildman–Crippen LogP) is 2.93. The monoisotopic (exact) mass is 440 g/mol. The molecule has 0 bridgehead atoms. The van der Waals surface area contributed by atoms with Crippen LogP contribution in [0.5, 0.6) is 0 Å². The van der Waals surface area contributed by atoms with Gasteiger partial charge in [0.1, 0.15) is 0 Å². The maximum absolute atomic E-state index is 10.9. The SMILES string of the molecule is COC(=O)/C=C/C=C/C(CCO)O[Si](C)(C)C(C)(C)C.[C-]#[O+].[C-]#[O+].[C-]#[O+].[Fe]. The first-order chi connectivity index (χ1) is 12.1. The van der Waals surface area contributed by atoms with Crippen LogP contribution >= 0.6 is 0 Å². The summed E-state index contributed by atoms with van der Waals surface area (Å²) in [5, 5.41) is 9.25. The molecule has 0 aromatic carbocycles. The van der Waals surface area contributed by atoms with Gasteiger partial charge in [0.15, 0.2) is 8.32 Å². The molecule has 0 saturated heterocycles. The summed E-state index contributed by atoms with van der Waals surface area (Å²) in [7, 11) is -0.533. The van der Waals surface area contributed by atoms with Gasteiger partial charge in [-0.2, -0.15) is 0 Å². The number of methoxy groups -OCH3 is 1. The number of rotatable bonds is 7. The second-order valence-electron chi connectivity index (χ2n) is 6.20. The van der Waals surface area contributed by atoms with Crippen LogP contribution < -0.4 is 0 Å². The molecule has 0 aromatic rings. The van der Waals surface area contributed by atoms with Crippen molar-refractivity contribution in [3.8, 4) is 0 Å². The first-order valence-corrected chi connectivity index (χ1v) is 10.4. The van der Waals surface area contributed by atoms with Crippen molar-refractivity contribution in [2.45, 2.75) is 51.4 Å². The third kappa shape index (κ3) is 21.0. The number of carbonyl (C=O) groups excluding carboxylic acids is 1. The van der Waals surface area contributed by atoms with E-state index < -0.39 is 14.3 Å². The molecular formula is C18H28FeO7Si. The molecule has 9 heteroatoms. The third-order valence-corrected chi connectivity index (χ3v) is 8.04. The average molecular weight is 440 g/mol. The molecule has 0 saturated carbocycles. The number of carbonyl (C=O) groups is 1. The van der Waals surface area contributed by atoms with Crippen LogP contribution in [-0.4, -0.2) is 39.2 Å². The standard InChI is InChI=1S/C15H28O4Si.3CO.Fe/c1-15(2,3)20(5,6)19-13(11-12-16)9-7-8-10-14(17)18-4;3*1-2;/h7-10,13,16H,11-12H2,1-6H3;;;;/b9-7+,10-8+;;;;. The van der Waals surface area contributed by atoms with E-state index in [1.165, 1.54) is 13.2 Å². The van der Waals surface area contributed by atoms with Gasteiger partial charge in [0, 0.05) is 29.8 Å². The zero-order valence-electron chi connectivity index (χ0n) is 16.6. The summed E-state index contributed by atoms with van der Waals surface area (Å²) in [4.78, 5) is 10.9. The van der Waals surface area contributed by atoms with Gasteiger partial charge in [-0.3, -0.25) is 0 Å². The summed E-state index contributed by atoms with van der Waals surface area (Å²) in [5.74, 6) is -0.390. The maximum atomic E-state index is 10.9. The minimum atomic E-state index is -1.87. The van der Waals surface area contributed by atoms with Crippen LogP contribution in [0, 0.1) is 20.0 Å². The largest absolute Gasteiger partial charge is 0 e. The first kappa shape index (κ1) is 36.7. The minimum absolute atomic E-state index is 0. The van der Waals surface area contributed by atoms with Gasteiger partial charge in [-0.25, -0.2) is 4.79 Å². The summed E-state index contributed by atoms with van der Waals surface area (Å²) in [6.45, 7) is 24.5. The van der Waals surface area contributed by atoms with E-state index in [4.69, 9.17) is 23.5 Å². The molecule has 27 heavy (non-hydrogen) atoms. The Hall–Kier alpha value is -1.17. The Morgan fingerprint density at radius 3 is 1.89 bits per heavy atom. The van der Waals surface area contributed by atoms with E-state index in [1.54, 1.807) is 12.2 Å². The molecule has 0 radical (unpaired) electrons. The Morgan fingerprint density at radius 2 is 1.56 bits per heavy atom. The molecule has 0 aliphatic rings. The normalized spacial score (nSPS) is 11.3. The smallest absolute Gasteiger partial charge is 0 e. The Labute approximate surface area is 174 Å². The van der Waals surface area contributed by atoms with Crippen molar-refractivity contribution in [3.05, 3.63) is 44.3 Å². The Balaban J connectivity index is -0.000000208. The van der Waals surface area contributed by atoms with E-state index in [0.717, 1.165) is 0 Å². The van der Waals surface area contributed by atoms with Crippen molar-refractivity contribution in [1.82, 2.24) is 0 Å². The van der Waals surface area contributed by atoms with Crippen molar-refractivity contribution in [3.63, 3.8) is 0 Å². The van der Waals surface area contributed by atoms with Crippen LogP contribution in [-0.2, 0) is 45.0 Å². The van der Waals surface area contributed by atoms with E-state index in [2.05, 4.69) is 58.6 Å². The van der Waals surface area contributed by atoms with E-state index in [0.29, 0.717) is 6.42 Å². The van der Waals surface area contributed by atoms with Gasteiger partial charge in [0.25, 0.3) is 0 Å². The van der Waals surface area contributed by atoms with Gasteiger partial charge in [-0.1, -0.05) is 39.0 Å². The van der Waals surface area contributed by atoms with Crippen LogP contribution in [0.2, 0.25) is 18.1 Å². The van der Waals surface area contributed by atoms with Crippen LogP contribution in [0.25, 0.3) is 0 Å². The summed E-state index contributed by atoms with van der Waals surface area (Å²) in [5.41, 5.74) is 0. The molecule has 0 heterocycles. The minimum Gasteiger partial charge on any atom is 0 e. The molecule has 0 fully saturated rings. The Morgan fingerprint density at radius 1 is 1.11 bits per heavy atom. The fourth-order valence-corrected chi connectivity index (χ4v) is 2.57. The number of hydrogen-bond donors (Lipinski definition) is 1. The van der Waals surface area contributed by atoms with Gasteiger partial charge in [-0.05, 0) is 24.6 Å².